The summed E-state index contributed by atoms with van der Waals surface area (Å²) in [5, 5.41) is 9.83. The number of ether oxygens (including phenoxy) is 2. The zero-order valence-corrected chi connectivity index (χ0v) is 11.8. The molecular weight excluding hydrogens is 234 g/mol. The molecule has 1 aliphatic rings. The predicted octanol–water partition coefficient (Wildman–Crippen LogP) is 1.78. The van der Waals surface area contributed by atoms with Crippen LogP contribution in [0.4, 0.5) is 4.79 Å². The molecule has 106 valence electrons. The summed E-state index contributed by atoms with van der Waals surface area (Å²) >= 11 is 0. The van der Waals surface area contributed by atoms with Gasteiger partial charge in [0, 0.05) is 6.61 Å². The second kappa shape index (κ2) is 6.38. The first-order valence-electron chi connectivity index (χ1n) is 6.61. The van der Waals surface area contributed by atoms with Crippen LogP contribution in [-0.2, 0) is 9.47 Å². The second-order valence-corrected chi connectivity index (χ2v) is 5.72. The van der Waals surface area contributed by atoms with Gasteiger partial charge in [-0.3, -0.25) is 0 Å². The zero-order valence-electron chi connectivity index (χ0n) is 11.8. The second-order valence-electron chi connectivity index (χ2n) is 5.72. The fourth-order valence-corrected chi connectivity index (χ4v) is 1.78. The van der Waals surface area contributed by atoms with E-state index in [1.165, 1.54) is 4.90 Å². The quantitative estimate of drug-likeness (QED) is 0.782. The van der Waals surface area contributed by atoms with Crippen molar-refractivity contribution in [3.05, 3.63) is 0 Å². The zero-order chi connectivity index (χ0) is 13.8. The third-order valence-corrected chi connectivity index (χ3v) is 2.72. The van der Waals surface area contributed by atoms with Crippen LogP contribution in [0.5, 0.6) is 0 Å². The van der Waals surface area contributed by atoms with Gasteiger partial charge >= 0.3 is 6.09 Å². The highest BCUT2D eigenvalue weighted by Gasteiger charge is 2.36. The number of unbranched alkanes of at least 4 members (excludes halogenated alkanes) is 1. The largest absolute Gasteiger partial charge is 0.444 e. The lowest BCUT2D eigenvalue weighted by Gasteiger charge is -2.24. The van der Waals surface area contributed by atoms with Crippen molar-refractivity contribution in [2.75, 3.05) is 19.7 Å². The van der Waals surface area contributed by atoms with E-state index in [9.17, 15) is 9.90 Å². The van der Waals surface area contributed by atoms with Crippen molar-refractivity contribution in [1.82, 2.24) is 4.90 Å². The van der Waals surface area contributed by atoms with E-state index < -0.39 is 11.7 Å². The predicted molar refractivity (Wildman–Crippen MR) is 68.5 cm³/mol. The number of carbonyl (C=O) groups is 1. The fraction of sp³-hybridized carbons (Fsp3) is 0.923. The molecule has 1 rings (SSSR count). The SMILES string of the molecule is CCCCOC1CN(C(=O)OC(C)(C)C)CC1O. The van der Waals surface area contributed by atoms with Crippen molar-refractivity contribution in [3.63, 3.8) is 0 Å². The van der Waals surface area contributed by atoms with Gasteiger partial charge in [-0.1, -0.05) is 13.3 Å². The van der Waals surface area contributed by atoms with Crippen LogP contribution in [0.2, 0.25) is 0 Å². The van der Waals surface area contributed by atoms with Crippen LogP contribution in [0.15, 0.2) is 0 Å². The van der Waals surface area contributed by atoms with E-state index in [1.54, 1.807) is 0 Å². The molecule has 2 unspecified atom stereocenters. The first-order valence-corrected chi connectivity index (χ1v) is 6.61. The highest BCUT2D eigenvalue weighted by molar-refractivity contribution is 5.68. The monoisotopic (exact) mass is 259 g/mol. The van der Waals surface area contributed by atoms with Crippen LogP contribution in [0.25, 0.3) is 0 Å². The Labute approximate surface area is 109 Å². The summed E-state index contributed by atoms with van der Waals surface area (Å²) < 4.78 is 10.8. The highest BCUT2D eigenvalue weighted by Crippen LogP contribution is 2.18. The molecule has 1 saturated heterocycles. The minimum absolute atomic E-state index is 0.283. The summed E-state index contributed by atoms with van der Waals surface area (Å²) in [6.07, 6.45) is 0.732. The first kappa shape index (κ1) is 15.2. The van der Waals surface area contributed by atoms with E-state index in [1.807, 2.05) is 20.8 Å². The Hall–Kier alpha value is -0.810. The van der Waals surface area contributed by atoms with Crippen molar-refractivity contribution < 1.29 is 19.4 Å². The Morgan fingerprint density at radius 1 is 1.39 bits per heavy atom. The van der Waals surface area contributed by atoms with Gasteiger partial charge in [-0.25, -0.2) is 4.79 Å². The Morgan fingerprint density at radius 3 is 2.61 bits per heavy atom. The average Bonchev–Trinajstić information content (AvgIpc) is 2.58. The van der Waals surface area contributed by atoms with Gasteiger partial charge in [0.1, 0.15) is 11.7 Å². The maximum atomic E-state index is 11.8. The highest BCUT2D eigenvalue weighted by atomic mass is 16.6. The Morgan fingerprint density at radius 2 is 2.06 bits per heavy atom. The molecule has 18 heavy (non-hydrogen) atoms. The number of carbonyl (C=O) groups excluding carboxylic acids is 1. The van der Waals surface area contributed by atoms with E-state index >= 15 is 0 Å². The van der Waals surface area contributed by atoms with Gasteiger partial charge < -0.3 is 19.5 Å². The Bertz CT molecular complexity index is 275. The molecule has 0 spiro atoms. The topological polar surface area (TPSA) is 59.0 Å². The first-order chi connectivity index (χ1) is 8.33. The van der Waals surface area contributed by atoms with Gasteiger partial charge in [0.05, 0.1) is 19.2 Å². The third kappa shape index (κ3) is 4.82. The van der Waals surface area contributed by atoms with E-state index in [0.717, 1.165) is 12.8 Å². The van der Waals surface area contributed by atoms with Crippen molar-refractivity contribution in [2.24, 2.45) is 0 Å². The molecule has 0 bridgehead atoms. The van der Waals surface area contributed by atoms with Crippen LogP contribution in [0.3, 0.4) is 0 Å². The van der Waals surface area contributed by atoms with Crippen molar-refractivity contribution in [1.29, 1.82) is 0 Å². The van der Waals surface area contributed by atoms with E-state index in [0.29, 0.717) is 13.2 Å². The van der Waals surface area contributed by atoms with Gasteiger partial charge in [0.25, 0.3) is 0 Å². The van der Waals surface area contributed by atoms with Crippen molar-refractivity contribution in [3.8, 4) is 0 Å². The number of aliphatic hydroxyl groups is 1. The van der Waals surface area contributed by atoms with Gasteiger partial charge in [0.2, 0.25) is 0 Å². The maximum Gasteiger partial charge on any atom is 0.410 e. The summed E-state index contributed by atoms with van der Waals surface area (Å²) in [5.74, 6) is 0. The molecule has 0 aromatic carbocycles. The normalized spacial score (nSPS) is 24.4. The molecule has 0 radical (unpaired) electrons. The molecule has 0 aliphatic carbocycles. The molecule has 1 fully saturated rings. The smallest absolute Gasteiger partial charge is 0.410 e. The van der Waals surface area contributed by atoms with Gasteiger partial charge in [0.15, 0.2) is 0 Å². The van der Waals surface area contributed by atoms with Gasteiger partial charge in [-0.05, 0) is 27.2 Å². The number of amides is 1. The molecule has 1 N–H and O–H groups in total. The van der Waals surface area contributed by atoms with E-state index in [2.05, 4.69) is 6.92 Å². The fourth-order valence-electron chi connectivity index (χ4n) is 1.78. The molecule has 5 nitrogen and oxygen atoms in total. The summed E-state index contributed by atoms with van der Waals surface area (Å²) in [7, 11) is 0. The summed E-state index contributed by atoms with van der Waals surface area (Å²) in [5.41, 5.74) is -0.511. The number of β-amino-alcohol motifs (C(OH)–C–C–N with tert-alkyl or cyclic N) is 1. The number of aliphatic hydroxyl groups excluding tert-OH is 1. The van der Waals surface area contributed by atoms with Crippen LogP contribution in [-0.4, -0.2) is 53.6 Å². The van der Waals surface area contributed by atoms with Gasteiger partial charge in [-0.15, -0.1) is 0 Å². The standard InChI is InChI=1S/C13H25NO4/c1-5-6-7-17-11-9-14(8-10(11)15)12(16)18-13(2,3)4/h10-11,15H,5-9H2,1-4H3. The van der Waals surface area contributed by atoms with Crippen LogP contribution in [0.1, 0.15) is 40.5 Å². The van der Waals surface area contributed by atoms with Crippen LogP contribution < -0.4 is 0 Å². The molecule has 0 aromatic heterocycles. The summed E-state index contributed by atoms with van der Waals surface area (Å²) in [6.45, 7) is 8.87. The number of rotatable bonds is 4. The Kier molecular flexibility index (Phi) is 5.41. The molecule has 5 heteroatoms. The average molecular weight is 259 g/mol. The number of hydrogen-bond acceptors (Lipinski definition) is 4. The summed E-state index contributed by atoms with van der Waals surface area (Å²) in [6, 6.07) is 0. The lowest BCUT2D eigenvalue weighted by Crippen LogP contribution is -2.36. The number of likely N-dealkylation sites (tertiary alicyclic amines) is 1. The molecular formula is C13H25NO4. The molecule has 0 saturated carbocycles. The molecule has 0 aromatic rings. The van der Waals surface area contributed by atoms with Crippen molar-refractivity contribution >= 4 is 6.09 Å². The third-order valence-electron chi connectivity index (χ3n) is 2.72. The Balaban J connectivity index is 2.40. The molecule has 1 amide bonds. The number of hydrogen-bond donors (Lipinski definition) is 1. The maximum absolute atomic E-state index is 11.8. The molecule has 2 atom stereocenters. The molecule has 1 aliphatic heterocycles. The minimum Gasteiger partial charge on any atom is -0.444 e. The molecule has 1 heterocycles. The van der Waals surface area contributed by atoms with Crippen LogP contribution in [0, 0.1) is 0 Å². The van der Waals surface area contributed by atoms with E-state index in [4.69, 9.17) is 9.47 Å². The van der Waals surface area contributed by atoms with Crippen LogP contribution >= 0.6 is 0 Å². The lowest BCUT2D eigenvalue weighted by atomic mass is 10.2. The van der Waals surface area contributed by atoms with E-state index in [-0.39, 0.29) is 18.7 Å². The number of nitrogens with zero attached hydrogens (tertiary/aromatic N) is 1. The lowest BCUT2D eigenvalue weighted by molar-refractivity contribution is -0.00984. The minimum atomic E-state index is -0.616. The van der Waals surface area contributed by atoms with Crippen molar-refractivity contribution in [2.45, 2.75) is 58.3 Å². The van der Waals surface area contributed by atoms with Gasteiger partial charge in [-0.2, -0.15) is 0 Å². The summed E-state index contributed by atoms with van der Waals surface area (Å²) in [4.78, 5) is 13.3.